The smallest absolute Gasteiger partial charge is 0.119 e. The zero-order valence-corrected chi connectivity index (χ0v) is 10.7. The van der Waals surface area contributed by atoms with E-state index >= 15 is 0 Å². The van der Waals surface area contributed by atoms with Crippen molar-refractivity contribution in [2.24, 2.45) is 5.41 Å². The van der Waals surface area contributed by atoms with Gasteiger partial charge in [0, 0.05) is 13.1 Å². The lowest BCUT2D eigenvalue weighted by atomic mass is 9.76. The van der Waals surface area contributed by atoms with E-state index in [9.17, 15) is 0 Å². The minimum atomic E-state index is 0.479. The fourth-order valence-electron chi connectivity index (χ4n) is 2.14. The Labute approximate surface area is 103 Å². The maximum atomic E-state index is 5.76. The van der Waals surface area contributed by atoms with E-state index < -0.39 is 0 Å². The Balaban J connectivity index is 1.77. The molecule has 17 heavy (non-hydrogen) atoms. The summed E-state index contributed by atoms with van der Waals surface area (Å²) in [6.45, 7) is 5.32. The second-order valence-corrected chi connectivity index (χ2v) is 4.73. The Kier molecular flexibility index (Phi) is 3.89. The standard InChI is InChI=1S/C14H21NO2/c1-3-14(10-15-11-14)8-9-17-13-6-4-12(16-2)5-7-13/h4-7,15H,3,8-11H2,1-2H3. The molecule has 0 aromatic heterocycles. The number of benzene rings is 1. The Morgan fingerprint density at radius 3 is 2.29 bits per heavy atom. The summed E-state index contributed by atoms with van der Waals surface area (Å²) in [5.41, 5.74) is 0.479. The maximum absolute atomic E-state index is 5.76. The molecule has 2 rings (SSSR count). The van der Waals surface area contributed by atoms with Crippen LogP contribution in [-0.4, -0.2) is 26.8 Å². The zero-order valence-electron chi connectivity index (χ0n) is 10.7. The second kappa shape index (κ2) is 5.41. The first kappa shape index (κ1) is 12.2. The lowest BCUT2D eigenvalue weighted by molar-refractivity contribution is 0.116. The van der Waals surface area contributed by atoms with Gasteiger partial charge in [0.1, 0.15) is 11.5 Å². The van der Waals surface area contributed by atoms with Gasteiger partial charge < -0.3 is 14.8 Å². The van der Waals surface area contributed by atoms with E-state index in [2.05, 4.69) is 12.2 Å². The highest BCUT2D eigenvalue weighted by molar-refractivity contribution is 5.31. The summed E-state index contributed by atoms with van der Waals surface area (Å²) >= 11 is 0. The van der Waals surface area contributed by atoms with E-state index in [0.29, 0.717) is 5.41 Å². The normalized spacial score (nSPS) is 17.3. The molecular weight excluding hydrogens is 214 g/mol. The van der Waals surface area contributed by atoms with Crippen molar-refractivity contribution in [2.45, 2.75) is 19.8 Å². The number of nitrogens with one attached hydrogen (secondary N) is 1. The number of hydrogen-bond donors (Lipinski definition) is 1. The third kappa shape index (κ3) is 2.91. The van der Waals surface area contributed by atoms with Crippen LogP contribution in [-0.2, 0) is 0 Å². The highest BCUT2D eigenvalue weighted by Crippen LogP contribution is 2.30. The molecule has 3 heteroatoms. The SMILES string of the molecule is CCC1(CCOc2ccc(OC)cc2)CNC1. The van der Waals surface area contributed by atoms with Crippen molar-refractivity contribution < 1.29 is 9.47 Å². The molecule has 1 aromatic carbocycles. The predicted octanol–water partition coefficient (Wildman–Crippen LogP) is 2.46. The molecular formula is C14H21NO2. The summed E-state index contributed by atoms with van der Waals surface area (Å²) in [7, 11) is 1.67. The Morgan fingerprint density at radius 2 is 1.82 bits per heavy atom. The van der Waals surface area contributed by atoms with E-state index in [1.165, 1.54) is 6.42 Å². The van der Waals surface area contributed by atoms with Gasteiger partial charge in [0.25, 0.3) is 0 Å². The first-order valence-corrected chi connectivity index (χ1v) is 6.25. The van der Waals surface area contributed by atoms with Gasteiger partial charge >= 0.3 is 0 Å². The molecule has 1 N–H and O–H groups in total. The number of hydrogen-bond acceptors (Lipinski definition) is 3. The molecule has 0 bridgehead atoms. The van der Waals surface area contributed by atoms with Gasteiger partial charge in [-0.1, -0.05) is 6.92 Å². The van der Waals surface area contributed by atoms with Crippen LogP contribution in [0, 0.1) is 5.41 Å². The molecule has 0 aliphatic carbocycles. The van der Waals surface area contributed by atoms with Crippen molar-refractivity contribution in [3.63, 3.8) is 0 Å². The first-order chi connectivity index (χ1) is 8.28. The molecule has 1 saturated heterocycles. The van der Waals surface area contributed by atoms with Crippen molar-refractivity contribution >= 4 is 0 Å². The van der Waals surface area contributed by atoms with Crippen LogP contribution in [0.15, 0.2) is 24.3 Å². The van der Waals surface area contributed by atoms with Gasteiger partial charge in [-0.15, -0.1) is 0 Å². The van der Waals surface area contributed by atoms with Crippen molar-refractivity contribution in [3.05, 3.63) is 24.3 Å². The Hall–Kier alpha value is -1.22. The summed E-state index contributed by atoms with van der Waals surface area (Å²) in [4.78, 5) is 0. The summed E-state index contributed by atoms with van der Waals surface area (Å²) in [6, 6.07) is 7.76. The van der Waals surface area contributed by atoms with Crippen LogP contribution in [0.4, 0.5) is 0 Å². The van der Waals surface area contributed by atoms with Crippen molar-refractivity contribution in [1.29, 1.82) is 0 Å². The molecule has 0 radical (unpaired) electrons. The Bertz CT molecular complexity index is 338. The van der Waals surface area contributed by atoms with Crippen LogP contribution in [0.3, 0.4) is 0 Å². The molecule has 0 atom stereocenters. The molecule has 0 amide bonds. The van der Waals surface area contributed by atoms with Crippen LogP contribution in [0.2, 0.25) is 0 Å². The highest BCUT2D eigenvalue weighted by atomic mass is 16.5. The van der Waals surface area contributed by atoms with E-state index in [1.54, 1.807) is 7.11 Å². The molecule has 0 saturated carbocycles. The van der Waals surface area contributed by atoms with Crippen LogP contribution in [0.1, 0.15) is 19.8 Å². The molecule has 1 aromatic rings. The van der Waals surface area contributed by atoms with Crippen LogP contribution in [0.5, 0.6) is 11.5 Å². The Morgan fingerprint density at radius 1 is 1.18 bits per heavy atom. The first-order valence-electron chi connectivity index (χ1n) is 6.25. The van der Waals surface area contributed by atoms with Gasteiger partial charge in [-0.2, -0.15) is 0 Å². The summed E-state index contributed by atoms with van der Waals surface area (Å²) in [5, 5.41) is 3.34. The maximum Gasteiger partial charge on any atom is 0.119 e. The van der Waals surface area contributed by atoms with Crippen molar-refractivity contribution in [2.75, 3.05) is 26.8 Å². The predicted molar refractivity (Wildman–Crippen MR) is 68.7 cm³/mol. The minimum absolute atomic E-state index is 0.479. The quantitative estimate of drug-likeness (QED) is 0.821. The fourth-order valence-corrected chi connectivity index (χ4v) is 2.14. The molecule has 1 fully saturated rings. The lowest BCUT2D eigenvalue weighted by Gasteiger charge is -2.42. The molecule has 1 aliphatic heterocycles. The summed E-state index contributed by atoms with van der Waals surface area (Å²) in [6.07, 6.45) is 2.36. The van der Waals surface area contributed by atoms with E-state index in [-0.39, 0.29) is 0 Å². The second-order valence-electron chi connectivity index (χ2n) is 4.73. The largest absolute Gasteiger partial charge is 0.497 e. The van der Waals surface area contributed by atoms with Crippen molar-refractivity contribution in [1.82, 2.24) is 5.32 Å². The van der Waals surface area contributed by atoms with E-state index in [4.69, 9.17) is 9.47 Å². The summed E-state index contributed by atoms with van der Waals surface area (Å²) in [5.74, 6) is 1.79. The van der Waals surface area contributed by atoms with Gasteiger partial charge in [-0.25, -0.2) is 0 Å². The molecule has 0 spiro atoms. The average Bonchev–Trinajstić information content (AvgIpc) is 2.33. The monoisotopic (exact) mass is 235 g/mol. The zero-order chi connectivity index (χ0) is 12.1. The molecule has 94 valence electrons. The third-order valence-electron chi connectivity index (χ3n) is 3.71. The lowest BCUT2D eigenvalue weighted by Crippen LogP contribution is -2.53. The summed E-state index contributed by atoms with van der Waals surface area (Å²) < 4.78 is 10.9. The average molecular weight is 235 g/mol. The van der Waals surface area contributed by atoms with Crippen LogP contribution in [0.25, 0.3) is 0 Å². The molecule has 1 aliphatic rings. The van der Waals surface area contributed by atoms with Crippen LogP contribution < -0.4 is 14.8 Å². The number of rotatable bonds is 6. The highest BCUT2D eigenvalue weighted by Gasteiger charge is 2.34. The van der Waals surface area contributed by atoms with Crippen LogP contribution >= 0.6 is 0 Å². The van der Waals surface area contributed by atoms with E-state index in [1.807, 2.05) is 24.3 Å². The molecule has 3 nitrogen and oxygen atoms in total. The topological polar surface area (TPSA) is 30.5 Å². The molecule has 1 heterocycles. The number of methoxy groups -OCH3 is 1. The van der Waals surface area contributed by atoms with Crippen molar-refractivity contribution in [3.8, 4) is 11.5 Å². The fraction of sp³-hybridized carbons (Fsp3) is 0.571. The molecule has 0 unspecified atom stereocenters. The van der Waals surface area contributed by atoms with Gasteiger partial charge in [-0.05, 0) is 42.5 Å². The van der Waals surface area contributed by atoms with Gasteiger partial charge in [0.15, 0.2) is 0 Å². The minimum Gasteiger partial charge on any atom is -0.497 e. The van der Waals surface area contributed by atoms with Gasteiger partial charge in [-0.3, -0.25) is 0 Å². The van der Waals surface area contributed by atoms with Gasteiger partial charge in [0.05, 0.1) is 13.7 Å². The van der Waals surface area contributed by atoms with E-state index in [0.717, 1.165) is 37.6 Å². The number of ether oxygens (including phenoxy) is 2. The third-order valence-corrected chi connectivity index (χ3v) is 3.71. The van der Waals surface area contributed by atoms with Gasteiger partial charge in [0.2, 0.25) is 0 Å².